The molecule has 1 aliphatic heterocycles. The number of nitrogens with one attached hydrogen (secondary N) is 3. The number of aliphatic hydroxyl groups is 1. The highest BCUT2D eigenvalue weighted by Gasteiger charge is 2.43. The molecule has 1 heterocycles. The minimum Gasteiger partial charge on any atom is -0.390 e. The molecular weight excluding hydrogens is 651 g/mol. The summed E-state index contributed by atoms with van der Waals surface area (Å²) in [4.78, 5) is 53.5. The van der Waals surface area contributed by atoms with E-state index < -0.39 is 58.6 Å². The van der Waals surface area contributed by atoms with Gasteiger partial charge >= 0.3 is 5.92 Å². The first-order valence-electron chi connectivity index (χ1n) is 17.2. The van der Waals surface area contributed by atoms with Crippen molar-refractivity contribution < 1.29 is 37.5 Å². The summed E-state index contributed by atoms with van der Waals surface area (Å²) in [5.41, 5.74) is -1.16. The number of piperidine rings is 1. The van der Waals surface area contributed by atoms with Crippen LogP contribution in [0.3, 0.4) is 0 Å². The molecule has 4 amide bonds. The molecule has 50 heavy (non-hydrogen) atoms. The summed E-state index contributed by atoms with van der Waals surface area (Å²) in [6.45, 7) is 5.72. The number of anilines is 1. The average Bonchev–Trinajstić information content (AvgIpc) is 3.31. The van der Waals surface area contributed by atoms with Crippen LogP contribution in [-0.4, -0.2) is 64.4 Å². The molecule has 0 radical (unpaired) electrons. The number of nitrogens with zero attached hydrogens (tertiary/aromatic N) is 2. The van der Waals surface area contributed by atoms with Gasteiger partial charge in [-0.05, 0) is 68.4 Å². The zero-order chi connectivity index (χ0) is 36.6. The third-order valence-corrected chi connectivity index (χ3v) is 9.91. The number of carbonyl (C=O) groups is 4. The van der Waals surface area contributed by atoms with Gasteiger partial charge in [0.25, 0.3) is 5.91 Å². The fraction of sp³-hybridized carbons (Fsp3) is 0.541. The van der Waals surface area contributed by atoms with Gasteiger partial charge < -0.3 is 26.0 Å². The van der Waals surface area contributed by atoms with Crippen LogP contribution >= 0.6 is 0 Å². The molecule has 13 heteroatoms. The average molecular weight is 698 g/mol. The molecule has 0 aromatic heterocycles. The molecule has 270 valence electrons. The van der Waals surface area contributed by atoms with Crippen molar-refractivity contribution in [2.45, 2.75) is 108 Å². The van der Waals surface area contributed by atoms with Gasteiger partial charge in [0.05, 0.1) is 22.9 Å². The van der Waals surface area contributed by atoms with E-state index in [0.29, 0.717) is 50.8 Å². The molecule has 10 nitrogen and oxygen atoms in total. The second-order valence-electron chi connectivity index (χ2n) is 13.7. The zero-order valence-electron chi connectivity index (χ0n) is 28.7. The number of amides is 4. The van der Waals surface area contributed by atoms with Crippen LogP contribution in [0.2, 0.25) is 0 Å². The van der Waals surface area contributed by atoms with E-state index >= 15 is 13.2 Å². The summed E-state index contributed by atoms with van der Waals surface area (Å²) in [7, 11) is 0. The molecule has 4 N–H and O–H groups in total. The summed E-state index contributed by atoms with van der Waals surface area (Å²) >= 11 is 0. The number of nitriles is 1. The van der Waals surface area contributed by atoms with Gasteiger partial charge in [0.15, 0.2) is 0 Å². The molecule has 2 aromatic rings. The second kappa shape index (κ2) is 16.5. The van der Waals surface area contributed by atoms with Crippen molar-refractivity contribution >= 4 is 29.3 Å². The number of rotatable bonds is 11. The Hall–Kier alpha value is -4.44. The van der Waals surface area contributed by atoms with E-state index in [1.807, 2.05) is 0 Å². The minimum absolute atomic E-state index is 0.00115. The Morgan fingerprint density at radius 3 is 2.42 bits per heavy atom. The quantitative estimate of drug-likeness (QED) is 0.236. The summed E-state index contributed by atoms with van der Waals surface area (Å²) in [5, 5.41) is 27.2. The van der Waals surface area contributed by atoms with Gasteiger partial charge in [0.1, 0.15) is 11.9 Å². The van der Waals surface area contributed by atoms with Crippen molar-refractivity contribution in [3.63, 3.8) is 0 Å². The van der Waals surface area contributed by atoms with Crippen LogP contribution in [0, 0.1) is 23.1 Å². The Balaban J connectivity index is 1.43. The molecule has 4 atom stereocenters. The first-order chi connectivity index (χ1) is 23.6. The normalized spacial score (nSPS) is 20.4. The number of benzene rings is 2. The van der Waals surface area contributed by atoms with E-state index in [1.165, 1.54) is 24.3 Å². The largest absolute Gasteiger partial charge is 0.390 e. The number of hydrogen-bond donors (Lipinski definition) is 4. The summed E-state index contributed by atoms with van der Waals surface area (Å²) in [6.07, 6.45) is 3.90. The lowest BCUT2D eigenvalue weighted by Crippen LogP contribution is -2.54. The minimum atomic E-state index is -3.90. The lowest BCUT2D eigenvalue weighted by Gasteiger charge is -2.38. The number of alkyl halides is 2. The first-order valence-corrected chi connectivity index (χ1v) is 17.2. The lowest BCUT2D eigenvalue weighted by molar-refractivity contribution is -0.148. The molecule has 1 aliphatic carbocycles. The van der Waals surface area contributed by atoms with Gasteiger partial charge in [-0.1, -0.05) is 51.3 Å². The van der Waals surface area contributed by atoms with E-state index in [0.717, 1.165) is 25.0 Å². The smallest absolute Gasteiger partial charge is 0.349 e. The molecule has 2 unspecified atom stereocenters. The molecule has 2 aliphatic rings. The number of carbonyl (C=O) groups excluding carboxylic acids is 4. The van der Waals surface area contributed by atoms with Crippen molar-refractivity contribution in [1.82, 2.24) is 15.5 Å². The molecule has 0 bridgehead atoms. The molecule has 1 saturated heterocycles. The summed E-state index contributed by atoms with van der Waals surface area (Å²) in [5.74, 6) is -8.48. The van der Waals surface area contributed by atoms with Crippen LogP contribution in [0.5, 0.6) is 0 Å². The van der Waals surface area contributed by atoms with E-state index in [1.54, 1.807) is 37.8 Å². The molecule has 1 saturated carbocycles. The monoisotopic (exact) mass is 697 g/mol. The Kier molecular flexibility index (Phi) is 12.7. The third-order valence-electron chi connectivity index (χ3n) is 9.91. The van der Waals surface area contributed by atoms with Crippen molar-refractivity contribution in [3.8, 4) is 6.07 Å². The van der Waals surface area contributed by atoms with Crippen LogP contribution in [0.4, 0.5) is 18.9 Å². The highest BCUT2D eigenvalue weighted by molar-refractivity contribution is 5.91. The lowest BCUT2D eigenvalue weighted by atomic mass is 9.89. The van der Waals surface area contributed by atoms with Crippen molar-refractivity contribution in [3.05, 3.63) is 65.0 Å². The Bertz CT molecular complexity index is 1600. The van der Waals surface area contributed by atoms with Crippen molar-refractivity contribution in [1.29, 1.82) is 5.26 Å². The van der Waals surface area contributed by atoms with Crippen LogP contribution in [0.25, 0.3) is 0 Å². The van der Waals surface area contributed by atoms with Crippen molar-refractivity contribution in [2.75, 3.05) is 18.4 Å². The van der Waals surface area contributed by atoms with E-state index in [4.69, 9.17) is 5.26 Å². The molecule has 2 aromatic carbocycles. The van der Waals surface area contributed by atoms with Crippen LogP contribution < -0.4 is 16.0 Å². The maximum absolute atomic E-state index is 15.5. The highest BCUT2D eigenvalue weighted by Crippen LogP contribution is 2.33. The zero-order valence-corrected chi connectivity index (χ0v) is 28.7. The Morgan fingerprint density at radius 2 is 1.76 bits per heavy atom. The first kappa shape index (κ1) is 38.4. The molecule has 2 fully saturated rings. The van der Waals surface area contributed by atoms with Gasteiger partial charge in [0, 0.05) is 43.5 Å². The Labute approximate surface area is 290 Å². The Morgan fingerprint density at radius 1 is 1.06 bits per heavy atom. The summed E-state index contributed by atoms with van der Waals surface area (Å²) in [6, 6.07) is 8.95. The number of hydrogen-bond acceptors (Lipinski definition) is 6. The van der Waals surface area contributed by atoms with Crippen LogP contribution in [0.15, 0.2) is 42.5 Å². The molecular formula is C37H46F3N5O5. The third kappa shape index (κ3) is 9.62. The predicted molar refractivity (Wildman–Crippen MR) is 180 cm³/mol. The molecule has 4 rings (SSSR count). The van der Waals surface area contributed by atoms with Gasteiger partial charge in [-0.25, -0.2) is 4.39 Å². The van der Waals surface area contributed by atoms with Gasteiger partial charge in [-0.15, -0.1) is 0 Å². The van der Waals surface area contributed by atoms with Crippen LogP contribution in [-0.2, 0) is 25.1 Å². The van der Waals surface area contributed by atoms with Gasteiger partial charge in [-0.2, -0.15) is 14.0 Å². The van der Waals surface area contributed by atoms with Crippen molar-refractivity contribution in [2.24, 2.45) is 5.92 Å². The fourth-order valence-corrected chi connectivity index (χ4v) is 6.62. The number of halogens is 3. The maximum Gasteiger partial charge on any atom is 0.349 e. The van der Waals surface area contributed by atoms with Gasteiger partial charge in [-0.3, -0.25) is 19.2 Å². The number of likely N-dealkylation sites (tertiary alicyclic amines) is 1. The predicted octanol–water partition coefficient (Wildman–Crippen LogP) is 5.25. The summed E-state index contributed by atoms with van der Waals surface area (Å²) < 4.78 is 45.7. The SMILES string of the molecule is CCC(=O)N[C@@H](C(=O)N1CCC(C)(O)CC1)[C@@H](C)c1ccc(NC(=O)CC2CCCCCC2NC(=O)C(F)(F)c2cccc(C#N)c2)c(F)c1. The van der Waals surface area contributed by atoms with E-state index in [-0.39, 0.29) is 35.9 Å². The fourth-order valence-electron chi connectivity index (χ4n) is 6.62. The second-order valence-corrected chi connectivity index (χ2v) is 13.7. The van der Waals surface area contributed by atoms with E-state index in [2.05, 4.69) is 16.0 Å². The maximum atomic E-state index is 15.5. The molecule has 0 spiro atoms. The van der Waals surface area contributed by atoms with Crippen LogP contribution in [0.1, 0.15) is 101 Å². The van der Waals surface area contributed by atoms with Gasteiger partial charge in [0.2, 0.25) is 17.7 Å². The van der Waals surface area contributed by atoms with E-state index in [9.17, 15) is 24.3 Å². The highest BCUT2D eigenvalue weighted by atomic mass is 19.3. The topological polar surface area (TPSA) is 152 Å². The standard InChI is InChI=1S/C37H46F3N5O5/c1-4-31(46)44-33(34(48)45-17-15-36(3,50)16-18-45)23(2)25-13-14-30(28(38)20-25)42-32(47)21-26-10-6-5-7-12-29(26)43-35(49)37(39,40)27-11-8-9-24(19-27)22-41/h8-9,11,13-14,19-20,23,26,29,33,50H,4-7,10,12,15-18,21H2,1-3H3,(H,42,47)(H,43,49)(H,44,46)/t23-,26?,29?,33+/m0/s1.